The Kier molecular flexibility index (Phi) is 5.67. The van der Waals surface area contributed by atoms with Gasteiger partial charge in [-0.2, -0.15) is 22.6 Å². The number of pyridine rings is 1. The van der Waals surface area contributed by atoms with Crippen LogP contribution in [0.2, 0.25) is 0 Å². The number of alkyl halides is 3. The molecule has 3 aromatic rings. The average Bonchev–Trinajstić information content (AvgIpc) is 3.22. The van der Waals surface area contributed by atoms with Crippen molar-refractivity contribution in [3.8, 4) is 0 Å². The molecule has 4 rings (SSSR count). The Bertz CT molecular complexity index is 1260. The number of carbonyl (C=O) groups excluding carboxylic acids is 1. The third-order valence-corrected chi connectivity index (χ3v) is 7.18. The largest absolute Gasteiger partial charge is 0.435 e. The minimum atomic E-state index is -4.58. The minimum absolute atomic E-state index is 0.0726. The van der Waals surface area contributed by atoms with E-state index < -0.39 is 27.8 Å². The quantitative estimate of drug-likeness (QED) is 0.588. The topological polar surface area (TPSA) is 88.4 Å². The second-order valence-electron chi connectivity index (χ2n) is 7.52. The van der Waals surface area contributed by atoms with Crippen LogP contribution in [0, 0.1) is 6.92 Å². The molecule has 0 unspecified atom stereocenters. The van der Waals surface area contributed by atoms with Gasteiger partial charge in [-0.3, -0.25) is 14.5 Å². The van der Waals surface area contributed by atoms with E-state index in [4.69, 9.17) is 0 Å². The van der Waals surface area contributed by atoms with E-state index in [-0.39, 0.29) is 37.6 Å². The lowest BCUT2D eigenvalue weighted by Crippen LogP contribution is -2.51. The highest BCUT2D eigenvalue weighted by molar-refractivity contribution is 7.89. The Morgan fingerprint density at radius 2 is 1.84 bits per heavy atom. The van der Waals surface area contributed by atoms with Gasteiger partial charge in [0.1, 0.15) is 11.4 Å². The van der Waals surface area contributed by atoms with Gasteiger partial charge in [0.05, 0.1) is 5.52 Å². The number of hydrogen-bond acceptors (Lipinski definition) is 5. The molecule has 1 aliphatic rings. The van der Waals surface area contributed by atoms with E-state index in [0.717, 1.165) is 27.9 Å². The third-order valence-electron chi connectivity index (χ3n) is 5.25. The molecule has 0 saturated carbocycles. The van der Waals surface area contributed by atoms with Crippen molar-refractivity contribution >= 4 is 26.8 Å². The van der Waals surface area contributed by atoms with Crippen LogP contribution in [0.15, 0.2) is 47.6 Å². The summed E-state index contributed by atoms with van der Waals surface area (Å²) in [6.45, 7) is 1.92. The molecule has 1 aromatic carbocycles. The number of sulfonamides is 1. The normalized spacial score (nSPS) is 15.9. The predicted octanol–water partition coefficient (Wildman–Crippen LogP) is 2.29. The van der Waals surface area contributed by atoms with Crippen molar-refractivity contribution in [2.24, 2.45) is 0 Å². The van der Waals surface area contributed by atoms with Gasteiger partial charge in [0.15, 0.2) is 5.69 Å². The smallest absolute Gasteiger partial charge is 0.338 e. The first-order valence-electron chi connectivity index (χ1n) is 9.80. The van der Waals surface area contributed by atoms with Crippen LogP contribution >= 0.6 is 0 Å². The molecule has 170 valence electrons. The van der Waals surface area contributed by atoms with Crippen molar-refractivity contribution < 1.29 is 26.4 Å². The number of benzene rings is 1. The zero-order valence-corrected chi connectivity index (χ0v) is 17.9. The molecular weight excluding hydrogens is 447 g/mol. The van der Waals surface area contributed by atoms with E-state index in [1.54, 1.807) is 18.3 Å². The first-order valence-corrected chi connectivity index (χ1v) is 11.2. The summed E-state index contributed by atoms with van der Waals surface area (Å²) >= 11 is 0. The van der Waals surface area contributed by atoms with Crippen LogP contribution in [0.5, 0.6) is 0 Å². The standard InChI is InChI=1S/C20H20F3N5O3S/c1-14-11-15-3-2-4-16(19(15)24-12-14)32(30,31)28-9-7-26(8-10-28)18(29)13-27-6-5-17(25-27)20(21,22)23/h2-6,11-12H,7-10,13H2,1H3. The molecule has 2 aromatic heterocycles. The van der Waals surface area contributed by atoms with Crippen molar-refractivity contribution in [3.63, 3.8) is 0 Å². The number of piperazine rings is 1. The van der Waals surface area contributed by atoms with Crippen molar-refractivity contribution in [2.45, 2.75) is 24.5 Å². The van der Waals surface area contributed by atoms with E-state index in [2.05, 4.69) is 10.1 Å². The van der Waals surface area contributed by atoms with Gasteiger partial charge in [0.2, 0.25) is 15.9 Å². The molecule has 12 heteroatoms. The van der Waals surface area contributed by atoms with E-state index >= 15 is 0 Å². The molecule has 0 aliphatic carbocycles. The SMILES string of the molecule is Cc1cnc2c(S(=O)(=O)N3CCN(C(=O)Cn4ccc(C(F)(F)F)n4)CC3)cccc2c1. The van der Waals surface area contributed by atoms with Crippen LogP contribution in [-0.2, 0) is 27.5 Å². The second kappa shape index (κ2) is 8.17. The number of fused-ring (bicyclic) bond motifs is 1. The van der Waals surface area contributed by atoms with Crippen molar-refractivity contribution in [3.05, 3.63) is 54.0 Å². The number of aryl methyl sites for hydroxylation is 1. The summed E-state index contributed by atoms with van der Waals surface area (Å²) in [5, 5.41) is 4.10. The zero-order valence-electron chi connectivity index (χ0n) is 17.1. The van der Waals surface area contributed by atoms with E-state index in [1.165, 1.54) is 15.3 Å². The molecule has 1 amide bonds. The van der Waals surface area contributed by atoms with Crippen molar-refractivity contribution in [1.82, 2.24) is 24.0 Å². The van der Waals surface area contributed by atoms with Crippen LogP contribution in [0.3, 0.4) is 0 Å². The Hall–Kier alpha value is -2.99. The third kappa shape index (κ3) is 4.32. The van der Waals surface area contributed by atoms with Crippen molar-refractivity contribution in [1.29, 1.82) is 0 Å². The maximum Gasteiger partial charge on any atom is 0.435 e. The molecule has 1 saturated heterocycles. The Morgan fingerprint density at radius 3 is 2.50 bits per heavy atom. The van der Waals surface area contributed by atoms with Gasteiger partial charge in [-0.1, -0.05) is 12.1 Å². The number of halogens is 3. The molecule has 32 heavy (non-hydrogen) atoms. The first kappa shape index (κ1) is 22.2. The summed E-state index contributed by atoms with van der Waals surface area (Å²) in [4.78, 5) is 18.3. The second-order valence-corrected chi connectivity index (χ2v) is 9.43. The van der Waals surface area contributed by atoms with Crippen LogP contribution in [0.4, 0.5) is 13.2 Å². The summed E-state index contributed by atoms with van der Waals surface area (Å²) in [6.07, 6.45) is -1.88. The molecule has 0 atom stereocenters. The summed E-state index contributed by atoms with van der Waals surface area (Å²) in [5.74, 6) is -0.429. The number of amides is 1. The lowest BCUT2D eigenvalue weighted by atomic mass is 10.2. The number of hydrogen-bond donors (Lipinski definition) is 0. The number of para-hydroxylation sites is 1. The molecule has 8 nitrogen and oxygen atoms in total. The van der Waals surface area contributed by atoms with Gasteiger partial charge in [-0.25, -0.2) is 8.42 Å². The Morgan fingerprint density at radius 1 is 1.12 bits per heavy atom. The van der Waals surface area contributed by atoms with Gasteiger partial charge in [0.25, 0.3) is 0 Å². The average molecular weight is 467 g/mol. The van der Waals surface area contributed by atoms with E-state index in [1.807, 2.05) is 13.0 Å². The Labute approximate surface area is 182 Å². The van der Waals surface area contributed by atoms with E-state index in [0.29, 0.717) is 5.52 Å². The van der Waals surface area contributed by atoms with E-state index in [9.17, 15) is 26.4 Å². The van der Waals surface area contributed by atoms with Crippen LogP contribution in [0.1, 0.15) is 11.3 Å². The minimum Gasteiger partial charge on any atom is -0.338 e. The monoisotopic (exact) mass is 467 g/mol. The molecule has 3 heterocycles. The van der Waals surface area contributed by atoms with Crippen LogP contribution in [-0.4, -0.2) is 64.5 Å². The number of carbonyl (C=O) groups is 1. The lowest BCUT2D eigenvalue weighted by molar-refractivity contribution is -0.142. The van der Waals surface area contributed by atoms with Gasteiger partial charge in [0, 0.05) is 44.0 Å². The molecule has 0 N–H and O–H groups in total. The first-order chi connectivity index (χ1) is 15.1. The lowest BCUT2D eigenvalue weighted by Gasteiger charge is -2.34. The molecule has 0 spiro atoms. The fourth-order valence-electron chi connectivity index (χ4n) is 3.61. The van der Waals surface area contributed by atoms with Crippen LogP contribution < -0.4 is 0 Å². The molecule has 0 radical (unpaired) electrons. The van der Waals surface area contributed by atoms with Gasteiger partial charge < -0.3 is 4.90 Å². The maximum absolute atomic E-state index is 13.2. The fraction of sp³-hybridized carbons (Fsp3) is 0.350. The summed E-state index contributed by atoms with van der Waals surface area (Å²) in [6, 6.07) is 7.63. The number of aromatic nitrogens is 3. The zero-order chi connectivity index (χ0) is 23.1. The number of rotatable bonds is 4. The molecule has 1 fully saturated rings. The fourth-order valence-corrected chi connectivity index (χ4v) is 5.20. The Balaban J connectivity index is 1.44. The maximum atomic E-state index is 13.2. The predicted molar refractivity (Wildman–Crippen MR) is 109 cm³/mol. The molecular formula is C20H20F3N5O3S. The molecule has 1 aliphatic heterocycles. The van der Waals surface area contributed by atoms with Crippen LogP contribution in [0.25, 0.3) is 10.9 Å². The van der Waals surface area contributed by atoms with Gasteiger partial charge in [-0.05, 0) is 30.7 Å². The van der Waals surface area contributed by atoms with Gasteiger partial charge >= 0.3 is 6.18 Å². The molecule has 0 bridgehead atoms. The highest BCUT2D eigenvalue weighted by Crippen LogP contribution is 2.27. The number of nitrogens with zero attached hydrogens (tertiary/aromatic N) is 5. The summed E-state index contributed by atoms with van der Waals surface area (Å²) < 4.78 is 66.6. The summed E-state index contributed by atoms with van der Waals surface area (Å²) in [5.41, 5.74) is 0.231. The van der Waals surface area contributed by atoms with Crippen molar-refractivity contribution in [2.75, 3.05) is 26.2 Å². The highest BCUT2D eigenvalue weighted by atomic mass is 32.2. The highest BCUT2D eigenvalue weighted by Gasteiger charge is 2.34. The summed E-state index contributed by atoms with van der Waals surface area (Å²) in [7, 11) is -3.83. The van der Waals surface area contributed by atoms with Gasteiger partial charge in [-0.15, -0.1) is 0 Å².